The van der Waals surface area contributed by atoms with Crippen LogP contribution >= 0.6 is 0 Å². The molecule has 4 nitrogen and oxygen atoms in total. The number of hydrazine groups is 1. The van der Waals surface area contributed by atoms with Gasteiger partial charge in [0.05, 0.1) is 13.0 Å². The van der Waals surface area contributed by atoms with E-state index in [0.29, 0.717) is 6.54 Å². The molecule has 4 heteroatoms. The lowest BCUT2D eigenvalue weighted by Gasteiger charge is -2.06. The van der Waals surface area contributed by atoms with Gasteiger partial charge in [0, 0.05) is 6.54 Å². The average Bonchev–Trinajstić information content (AvgIpc) is 2.66. The lowest BCUT2D eigenvalue weighted by atomic mass is 10.00. The first-order valence-corrected chi connectivity index (χ1v) is 4.95. The highest BCUT2D eigenvalue weighted by Crippen LogP contribution is 2.15. The van der Waals surface area contributed by atoms with Gasteiger partial charge in [-0.15, -0.1) is 0 Å². The Morgan fingerprint density at radius 3 is 2.67 bits per heavy atom. The molecule has 0 spiro atoms. The summed E-state index contributed by atoms with van der Waals surface area (Å²) in [5.41, 5.74) is 6.59. The van der Waals surface area contributed by atoms with Crippen LogP contribution in [0.3, 0.4) is 0 Å². The van der Waals surface area contributed by atoms with Crippen LogP contribution in [0, 0.1) is 5.92 Å². The summed E-state index contributed by atoms with van der Waals surface area (Å²) < 4.78 is 5.07. The molecule has 1 aromatic rings. The number of hydrogen-bond donors (Lipinski definition) is 2. The van der Waals surface area contributed by atoms with Crippen molar-refractivity contribution < 1.29 is 9.53 Å². The zero-order chi connectivity index (χ0) is 10.7. The Labute approximate surface area is 88.6 Å². The van der Waals surface area contributed by atoms with E-state index in [-0.39, 0.29) is 11.8 Å². The van der Waals surface area contributed by atoms with Crippen LogP contribution in [0.5, 0.6) is 5.75 Å². The molecule has 1 amide bonds. The number of amides is 1. The van der Waals surface area contributed by atoms with Crippen LogP contribution in [0.15, 0.2) is 24.3 Å². The number of carbonyl (C=O) groups excluding carboxylic acids is 1. The third-order valence-electron chi connectivity index (χ3n) is 2.57. The van der Waals surface area contributed by atoms with Crippen molar-refractivity contribution in [1.29, 1.82) is 0 Å². The van der Waals surface area contributed by atoms with Crippen LogP contribution in [0.1, 0.15) is 5.56 Å². The molecule has 1 aliphatic rings. The predicted molar refractivity (Wildman–Crippen MR) is 56.3 cm³/mol. The molecular weight excluding hydrogens is 192 g/mol. The van der Waals surface area contributed by atoms with Crippen molar-refractivity contribution in [2.75, 3.05) is 13.7 Å². The fraction of sp³-hybridized carbons (Fsp3) is 0.364. The van der Waals surface area contributed by atoms with Crippen molar-refractivity contribution in [3.8, 4) is 5.75 Å². The van der Waals surface area contributed by atoms with E-state index in [1.54, 1.807) is 7.11 Å². The highest BCUT2D eigenvalue weighted by Gasteiger charge is 2.23. The van der Waals surface area contributed by atoms with Crippen molar-refractivity contribution in [2.45, 2.75) is 6.42 Å². The molecule has 1 heterocycles. The van der Waals surface area contributed by atoms with E-state index in [4.69, 9.17) is 4.74 Å². The Bertz CT molecular complexity index is 348. The first kappa shape index (κ1) is 9.98. The van der Waals surface area contributed by atoms with Gasteiger partial charge in [-0.05, 0) is 24.1 Å². The topological polar surface area (TPSA) is 50.4 Å². The van der Waals surface area contributed by atoms with E-state index in [9.17, 15) is 4.79 Å². The summed E-state index contributed by atoms with van der Waals surface area (Å²) in [4.78, 5) is 11.3. The summed E-state index contributed by atoms with van der Waals surface area (Å²) in [7, 11) is 1.64. The first-order chi connectivity index (χ1) is 7.29. The second-order valence-electron chi connectivity index (χ2n) is 3.62. The highest BCUT2D eigenvalue weighted by molar-refractivity contribution is 5.80. The molecule has 1 aliphatic heterocycles. The number of rotatable bonds is 3. The molecule has 1 aromatic carbocycles. The van der Waals surface area contributed by atoms with Crippen LogP contribution in [0.25, 0.3) is 0 Å². The summed E-state index contributed by atoms with van der Waals surface area (Å²) in [5, 5.41) is 0. The maximum atomic E-state index is 11.3. The standard InChI is InChI=1S/C11H14N2O2/c1-15-10-4-2-8(3-5-10)6-9-7-12-13-11(9)14/h2-5,9,12H,6-7H2,1H3,(H,13,14). The number of methoxy groups -OCH3 is 1. The molecule has 0 saturated carbocycles. The van der Waals surface area contributed by atoms with Crippen LogP contribution in [-0.4, -0.2) is 19.6 Å². The molecule has 1 atom stereocenters. The summed E-state index contributed by atoms with van der Waals surface area (Å²) in [6.07, 6.45) is 0.767. The smallest absolute Gasteiger partial charge is 0.238 e. The molecular formula is C11H14N2O2. The zero-order valence-corrected chi connectivity index (χ0v) is 8.62. The monoisotopic (exact) mass is 206 g/mol. The fourth-order valence-corrected chi connectivity index (χ4v) is 1.67. The molecule has 1 unspecified atom stereocenters. The Kier molecular flexibility index (Phi) is 2.87. The maximum absolute atomic E-state index is 11.3. The van der Waals surface area contributed by atoms with Crippen LogP contribution in [-0.2, 0) is 11.2 Å². The largest absolute Gasteiger partial charge is 0.497 e. The van der Waals surface area contributed by atoms with Gasteiger partial charge in [0.15, 0.2) is 0 Å². The molecule has 0 aliphatic carbocycles. The lowest BCUT2D eigenvalue weighted by molar-refractivity contribution is -0.122. The van der Waals surface area contributed by atoms with E-state index in [2.05, 4.69) is 10.9 Å². The van der Waals surface area contributed by atoms with Gasteiger partial charge in [0.2, 0.25) is 5.91 Å². The molecule has 2 N–H and O–H groups in total. The molecule has 0 aromatic heterocycles. The number of hydrogen-bond acceptors (Lipinski definition) is 3. The second-order valence-corrected chi connectivity index (χ2v) is 3.62. The minimum atomic E-state index is 0.0402. The van der Waals surface area contributed by atoms with Crippen molar-refractivity contribution in [3.63, 3.8) is 0 Å². The van der Waals surface area contributed by atoms with Crippen molar-refractivity contribution >= 4 is 5.91 Å². The zero-order valence-electron chi connectivity index (χ0n) is 8.62. The Morgan fingerprint density at radius 2 is 2.13 bits per heavy atom. The van der Waals surface area contributed by atoms with E-state index < -0.39 is 0 Å². The molecule has 0 radical (unpaired) electrons. The molecule has 0 bridgehead atoms. The van der Waals surface area contributed by atoms with E-state index >= 15 is 0 Å². The van der Waals surface area contributed by atoms with Gasteiger partial charge in [0.25, 0.3) is 0 Å². The van der Waals surface area contributed by atoms with Crippen LogP contribution in [0.2, 0.25) is 0 Å². The minimum Gasteiger partial charge on any atom is -0.497 e. The van der Waals surface area contributed by atoms with Gasteiger partial charge < -0.3 is 4.74 Å². The minimum absolute atomic E-state index is 0.0402. The van der Waals surface area contributed by atoms with E-state index in [1.165, 1.54) is 0 Å². The molecule has 1 saturated heterocycles. The van der Waals surface area contributed by atoms with Gasteiger partial charge in [0.1, 0.15) is 5.75 Å². The van der Waals surface area contributed by atoms with Gasteiger partial charge in [-0.3, -0.25) is 10.2 Å². The van der Waals surface area contributed by atoms with Crippen molar-refractivity contribution in [3.05, 3.63) is 29.8 Å². The number of ether oxygens (including phenoxy) is 1. The molecule has 80 valence electrons. The Balaban J connectivity index is 2.01. The lowest BCUT2D eigenvalue weighted by Crippen LogP contribution is -2.26. The quantitative estimate of drug-likeness (QED) is 0.756. The maximum Gasteiger partial charge on any atom is 0.238 e. The molecule has 2 rings (SSSR count). The first-order valence-electron chi connectivity index (χ1n) is 4.95. The molecule has 15 heavy (non-hydrogen) atoms. The SMILES string of the molecule is COc1ccc(CC2CNNC2=O)cc1. The van der Waals surface area contributed by atoms with E-state index in [1.807, 2.05) is 24.3 Å². The summed E-state index contributed by atoms with van der Waals surface area (Å²) in [6, 6.07) is 7.81. The number of nitrogens with one attached hydrogen (secondary N) is 2. The van der Waals surface area contributed by atoms with E-state index in [0.717, 1.165) is 17.7 Å². The predicted octanol–water partition coefficient (Wildman–Crippen LogP) is 0.488. The molecule has 1 fully saturated rings. The third kappa shape index (κ3) is 2.27. The van der Waals surface area contributed by atoms with Crippen molar-refractivity contribution in [1.82, 2.24) is 10.9 Å². The van der Waals surface area contributed by atoms with Gasteiger partial charge in [-0.1, -0.05) is 12.1 Å². The second kappa shape index (κ2) is 4.31. The van der Waals surface area contributed by atoms with Gasteiger partial charge in [-0.25, -0.2) is 5.43 Å². The Morgan fingerprint density at radius 1 is 1.40 bits per heavy atom. The summed E-state index contributed by atoms with van der Waals surface area (Å²) in [5.74, 6) is 0.956. The highest BCUT2D eigenvalue weighted by atomic mass is 16.5. The summed E-state index contributed by atoms with van der Waals surface area (Å²) >= 11 is 0. The van der Waals surface area contributed by atoms with Crippen LogP contribution in [0.4, 0.5) is 0 Å². The average molecular weight is 206 g/mol. The van der Waals surface area contributed by atoms with Gasteiger partial charge in [-0.2, -0.15) is 0 Å². The third-order valence-corrected chi connectivity index (χ3v) is 2.57. The number of carbonyl (C=O) groups is 1. The van der Waals surface area contributed by atoms with Crippen molar-refractivity contribution in [2.24, 2.45) is 5.92 Å². The van der Waals surface area contributed by atoms with Gasteiger partial charge >= 0.3 is 0 Å². The van der Waals surface area contributed by atoms with Crippen LogP contribution < -0.4 is 15.6 Å². The number of benzene rings is 1. The fourth-order valence-electron chi connectivity index (χ4n) is 1.67. The Hall–Kier alpha value is -1.55. The summed E-state index contributed by atoms with van der Waals surface area (Å²) in [6.45, 7) is 0.699. The normalized spacial score (nSPS) is 20.1.